The molecule has 0 aromatic carbocycles. The van der Waals surface area contributed by atoms with Gasteiger partial charge >= 0.3 is 0 Å². The van der Waals surface area contributed by atoms with Gasteiger partial charge in [-0.15, -0.1) is 0 Å². The van der Waals surface area contributed by atoms with E-state index in [1.807, 2.05) is 0 Å². The van der Waals surface area contributed by atoms with Gasteiger partial charge in [0.15, 0.2) is 0 Å². The fraction of sp³-hybridized carbons (Fsp3) is 0.974. The number of amides is 1. The third-order valence-corrected chi connectivity index (χ3v) is 10.9. The summed E-state index contributed by atoms with van der Waals surface area (Å²) in [7, 11) is 0. The van der Waals surface area contributed by atoms with E-state index in [0.29, 0.717) is 5.91 Å². The van der Waals surface area contributed by atoms with Crippen LogP contribution in [-0.2, 0) is 4.79 Å². The lowest BCUT2D eigenvalue weighted by Gasteiger charge is -2.35. The normalized spacial score (nSPS) is 19.7. The van der Waals surface area contributed by atoms with Crippen LogP contribution in [0.25, 0.3) is 0 Å². The lowest BCUT2D eigenvalue weighted by molar-refractivity contribution is -0.132. The summed E-state index contributed by atoms with van der Waals surface area (Å²) >= 11 is 0. The van der Waals surface area contributed by atoms with Crippen molar-refractivity contribution in [3.63, 3.8) is 0 Å². The summed E-state index contributed by atoms with van der Waals surface area (Å²) in [6.07, 6.45) is 32.0. The van der Waals surface area contributed by atoms with Crippen molar-refractivity contribution in [3.05, 3.63) is 0 Å². The standard InChI is InChI=1S/C38H74N4O/c1-2-3-4-5-6-7-8-9-10-11-18-25-38(43)42(35-37-23-16-13-17-24-37)29-20-28-41-32-30-40(31-33-41)27-19-26-39-34-36-21-14-12-15-22-36/h36-37,39H,2-35H2,1H3. The SMILES string of the molecule is CCCCCCCCCCCCCC(=O)N(CCCN1CCN(CCCNCC2CCCCC2)CC1)CC1CCCCC1. The van der Waals surface area contributed by atoms with Crippen LogP contribution in [0.1, 0.15) is 161 Å². The number of unbranched alkanes of at least 4 members (excludes halogenated alkanes) is 10. The predicted octanol–water partition coefficient (Wildman–Crippen LogP) is 8.66. The van der Waals surface area contributed by atoms with E-state index in [9.17, 15) is 4.79 Å². The molecule has 0 aromatic heterocycles. The smallest absolute Gasteiger partial charge is 0.222 e. The van der Waals surface area contributed by atoms with Gasteiger partial charge in [-0.2, -0.15) is 0 Å². The lowest BCUT2D eigenvalue weighted by atomic mass is 9.89. The molecule has 252 valence electrons. The van der Waals surface area contributed by atoms with E-state index in [1.165, 1.54) is 181 Å². The number of piperazine rings is 1. The van der Waals surface area contributed by atoms with Gasteiger partial charge in [-0.1, -0.05) is 110 Å². The van der Waals surface area contributed by atoms with Gasteiger partial charge < -0.3 is 20.0 Å². The van der Waals surface area contributed by atoms with E-state index < -0.39 is 0 Å². The van der Waals surface area contributed by atoms with Crippen molar-refractivity contribution in [2.45, 2.75) is 161 Å². The van der Waals surface area contributed by atoms with Crippen molar-refractivity contribution in [1.29, 1.82) is 0 Å². The molecule has 0 spiro atoms. The Morgan fingerprint density at radius 2 is 1.14 bits per heavy atom. The molecule has 5 nitrogen and oxygen atoms in total. The summed E-state index contributed by atoms with van der Waals surface area (Å²) < 4.78 is 0. The van der Waals surface area contributed by atoms with Gasteiger partial charge in [0.05, 0.1) is 0 Å². The highest BCUT2D eigenvalue weighted by atomic mass is 16.2. The zero-order chi connectivity index (χ0) is 30.2. The van der Waals surface area contributed by atoms with E-state index in [2.05, 4.69) is 26.9 Å². The van der Waals surface area contributed by atoms with E-state index >= 15 is 0 Å². The Bertz CT molecular complexity index is 652. The largest absolute Gasteiger partial charge is 0.342 e. The van der Waals surface area contributed by atoms with Gasteiger partial charge in [-0.05, 0) is 83.0 Å². The quantitative estimate of drug-likeness (QED) is 0.112. The van der Waals surface area contributed by atoms with Crippen molar-refractivity contribution in [3.8, 4) is 0 Å². The van der Waals surface area contributed by atoms with E-state index in [1.54, 1.807) is 0 Å². The molecule has 3 fully saturated rings. The number of rotatable bonds is 24. The molecule has 2 saturated carbocycles. The van der Waals surface area contributed by atoms with Crippen LogP contribution in [0, 0.1) is 11.8 Å². The highest BCUT2D eigenvalue weighted by molar-refractivity contribution is 5.76. The second kappa shape index (κ2) is 24.6. The minimum atomic E-state index is 0.448. The minimum absolute atomic E-state index is 0.448. The fourth-order valence-corrected chi connectivity index (χ4v) is 7.94. The van der Waals surface area contributed by atoms with Crippen LogP contribution in [0.15, 0.2) is 0 Å². The van der Waals surface area contributed by atoms with Crippen LogP contribution in [0.2, 0.25) is 0 Å². The summed E-state index contributed by atoms with van der Waals surface area (Å²) in [6, 6.07) is 0. The number of nitrogens with one attached hydrogen (secondary N) is 1. The number of nitrogens with zero attached hydrogens (tertiary/aromatic N) is 3. The maximum Gasteiger partial charge on any atom is 0.222 e. The van der Waals surface area contributed by atoms with Crippen LogP contribution in [0.5, 0.6) is 0 Å². The Balaban J connectivity index is 1.23. The first-order valence-corrected chi connectivity index (χ1v) is 19.7. The molecule has 0 radical (unpaired) electrons. The Morgan fingerprint density at radius 3 is 1.72 bits per heavy atom. The van der Waals surface area contributed by atoms with Crippen molar-refractivity contribution in [1.82, 2.24) is 20.0 Å². The molecule has 0 atom stereocenters. The van der Waals surface area contributed by atoms with Crippen LogP contribution < -0.4 is 5.32 Å². The van der Waals surface area contributed by atoms with Crippen LogP contribution in [0.4, 0.5) is 0 Å². The molecule has 1 aliphatic heterocycles. The van der Waals surface area contributed by atoms with Crippen molar-refractivity contribution < 1.29 is 4.79 Å². The summed E-state index contributed by atoms with van der Waals surface area (Å²) in [6.45, 7) is 13.9. The molecule has 0 unspecified atom stereocenters. The van der Waals surface area contributed by atoms with E-state index in [-0.39, 0.29) is 0 Å². The van der Waals surface area contributed by atoms with Crippen molar-refractivity contribution in [2.24, 2.45) is 11.8 Å². The molecule has 3 aliphatic rings. The van der Waals surface area contributed by atoms with Gasteiger partial charge in [0, 0.05) is 45.7 Å². The Kier molecular flexibility index (Phi) is 21.0. The maximum absolute atomic E-state index is 13.3. The molecule has 5 heteroatoms. The second-order valence-electron chi connectivity index (χ2n) is 14.7. The number of carbonyl (C=O) groups is 1. The van der Waals surface area contributed by atoms with Crippen LogP contribution in [-0.4, -0.2) is 86.1 Å². The first-order valence-electron chi connectivity index (χ1n) is 19.7. The predicted molar refractivity (Wildman–Crippen MR) is 186 cm³/mol. The average Bonchev–Trinajstić information content (AvgIpc) is 3.04. The summed E-state index contributed by atoms with van der Waals surface area (Å²) in [4.78, 5) is 21.0. The third kappa shape index (κ3) is 17.6. The van der Waals surface area contributed by atoms with E-state index in [0.717, 1.165) is 50.7 Å². The van der Waals surface area contributed by atoms with Gasteiger partial charge in [0.25, 0.3) is 0 Å². The van der Waals surface area contributed by atoms with Gasteiger partial charge in [-0.3, -0.25) is 4.79 Å². The molecule has 1 N–H and O–H groups in total. The molecule has 43 heavy (non-hydrogen) atoms. The first-order chi connectivity index (χ1) is 21.2. The molecule has 1 saturated heterocycles. The Hall–Kier alpha value is -0.650. The monoisotopic (exact) mass is 603 g/mol. The summed E-state index contributed by atoms with van der Waals surface area (Å²) in [5.74, 6) is 2.13. The number of hydrogen-bond acceptors (Lipinski definition) is 4. The van der Waals surface area contributed by atoms with Crippen molar-refractivity contribution >= 4 is 5.91 Å². The molecular weight excluding hydrogens is 528 g/mol. The lowest BCUT2D eigenvalue weighted by Crippen LogP contribution is -2.47. The molecule has 2 aliphatic carbocycles. The van der Waals surface area contributed by atoms with Crippen LogP contribution in [0.3, 0.4) is 0 Å². The first kappa shape index (κ1) is 36.8. The van der Waals surface area contributed by atoms with Crippen LogP contribution >= 0.6 is 0 Å². The summed E-state index contributed by atoms with van der Waals surface area (Å²) in [5.41, 5.74) is 0. The molecule has 1 heterocycles. The highest BCUT2D eigenvalue weighted by Gasteiger charge is 2.22. The number of hydrogen-bond donors (Lipinski definition) is 1. The van der Waals surface area contributed by atoms with Gasteiger partial charge in [-0.25, -0.2) is 0 Å². The maximum atomic E-state index is 13.3. The van der Waals surface area contributed by atoms with Crippen molar-refractivity contribution in [2.75, 3.05) is 65.4 Å². The minimum Gasteiger partial charge on any atom is -0.342 e. The Morgan fingerprint density at radius 1 is 0.628 bits per heavy atom. The Labute approximate surface area is 268 Å². The summed E-state index contributed by atoms with van der Waals surface area (Å²) in [5, 5.41) is 3.74. The number of carbonyl (C=O) groups excluding carboxylic acids is 1. The fourth-order valence-electron chi connectivity index (χ4n) is 7.94. The molecule has 1 amide bonds. The third-order valence-electron chi connectivity index (χ3n) is 10.9. The average molecular weight is 603 g/mol. The van der Waals surface area contributed by atoms with E-state index in [4.69, 9.17) is 0 Å². The zero-order valence-corrected chi connectivity index (χ0v) is 28.9. The molecule has 3 rings (SSSR count). The zero-order valence-electron chi connectivity index (χ0n) is 28.9. The van der Waals surface area contributed by atoms with Gasteiger partial charge in [0.2, 0.25) is 5.91 Å². The van der Waals surface area contributed by atoms with Gasteiger partial charge in [0.1, 0.15) is 0 Å². The molecule has 0 bridgehead atoms. The second-order valence-corrected chi connectivity index (χ2v) is 14.7. The molecule has 0 aromatic rings. The molecular formula is C38H74N4O. The topological polar surface area (TPSA) is 38.8 Å². The highest BCUT2D eigenvalue weighted by Crippen LogP contribution is 2.25.